The van der Waals surface area contributed by atoms with Gasteiger partial charge in [0.2, 0.25) is 5.91 Å². The Morgan fingerprint density at radius 3 is 2.84 bits per heavy atom. The first kappa shape index (κ1) is 13.8. The van der Waals surface area contributed by atoms with Gasteiger partial charge in [0.05, 0.1) is 5.69 Å². The predicted octanol–water partition coefficient (Wildman–Crippen LogP) is 2.14. The summed E-state index contributed by atoms with van der Waals surface area (Å²) in [6.07, 6.45) is 0.970. The summed E-state index contributed by atoms with van der Waals surface area (Å²) in [7, 11) is 0. The molecule has 1 heterocycles. The van der Waals surface area contributed by atoms with Crippen molar-refractivity contribution in [3.63, 3.8) is 0 Å². The van der Waals surface area contributed by atoms with Gasteiger partial charge < -0.3 is 15.7 Å². The highest BCUT2D eigenvalue weighted by Crippen LogP contribution is 2.29. The van der Waals surface area contributed by atoms with Crippen LogP contribution in [0.5, 0.6) is 0 Å². The van der Waals surface area contributed by atoms with Crippen molar-refractivity contribution in [2.24, 2.45) is 5.41 Å². The fourth-order valence-electron chi connectivity index (χ4n) is 1.92. The number of halogens is 1. The molecule has 1 aromatic carbocycles. The molecule has 0 saturated heterocycles. The minimum Gasteiger partial charge on any atom is -0.396 e. The van der Waals surface area contributed by atoms with Crippen molar-refractivity contribution in [3.8, 4) is 0 Å². The molecule has 0 radical (unpaired) electrons. The summed E-state index contributed by atoms with van der Waals surface area (Å²) < 4.78 is 13.9. The Bertz CT molecular complexity index is 500. The first-order valence-corrected chi connectivity index (χ1v) is 6.38. The molecular formula is C14H19FN2O2. The van der Waals surface area contributed by atoms with Crippen LogP contribution in [0.2, 0.25) is 0 Å². The van der Waals surface area contributed by atoms with Crippen LogP contribution >= 0.6 is 0 Å². The summed E-state index contributed by atoms with van der Waals surface area (Å²) in [5.74, 6) is -0.371. The monoisotopic (exact) mass is 266 g/mol. The Hall–Kier alpha value is -1.62. The van der Waals surface area contributed by atoms with Crippen molar-refractivity contribution in [2.45, 2.75) is 26.7 Å². The molecule has 0 unspecified atom stereocenters. The molecule has 0 bridgehead atoms. The van der Waals surface area contributed by atoms with E-state index in [0.717, 1.165) is 5.56 Å². The number of aliphatic hydroxyl groups is 1. The minimum atomic E-state index is -0.330. The van der Waals surface area contributed by atoms with Gasteiger partial charge in [-0.05, 0) is 24.1 Å². The lowest BCUT2D eigenvalue weighted by molar-refractivity contribution is -0.116. The Balaban J connectivity index is 2.18. The Morgan fingerprint density at radius 1 is 1.42 bits per heavy atom. The molecule has 0 saturated carbocycles. The van der Waals surface area contributed by atoms with Gasteiger partial charge in [-0.1, -0.05) is 13.8 Å². The third-order valence-corrected chi connectivity index (χ3v) is 3.27. The second-order valence-electron chi connectivity index (χ2n) is 5.71. The zero-order valence-electron chi connectivity index (χ0n) is 11.2. The van der Waals surface area contributed by atoms with E-state index >= 15 is 0 Å². The van der Waals surface area contributed by atoms with Gasteiger partial charge in [0, 0.05) is 30.7 Å². The van der Waals surface area contributed by atoms with Crippen molar-refractivity contribution >= 4 is 17.3 Å². The number of nitrogens with one attached hydrogen (secondary N) is 2. The van der Waals surface area contributed by atoms with E-state index in [1.165, 1.54) is 6.07 Å². The van der Waals surface area contributed by atoms with Crippen LogP contribution in [0.25, 0.3) is 0 Å². The zero-order valence-corrected chi connectivity index (χ0v) is 11.2. The number of carbonyl (C=O) groups is 1. The lowest BCUT2D eigenvalue weighted by atomic mass is 9.94. The predicted molar refractivity (Wildman–Crippen MR) is 72.7 cm³/mol. The van der Waals surface area contributed by atoms with E-state index in [1.807, 2.05) is 13.8 Å². The fraction of sp³-hybridized carbons (Fsp3) is 0.500. The molecule has 0 atom stereocenters. The van der Waals surface area contributed by atoms with Crippen LogP contribution in [0.3, 0.4) is 0 Å². The van der Waals surface area contributed by atoms with Crippen LogP contribution in [-0.2, 0) is 11.2 Å². The normalized spacial score (nSPS) is 14.8. The molecule has 0 fully saturated rings. The molecule has 1 aliphatic rings. The number of aryl methyl sites for hydroxylation is 1. The van der Waals surface area contributed by atoms with Gasteiger partial charge in [-0.15, -0.1) is 0 Å². The van der Waals surface area contributed by atoms with Gasteiger partial charge in [-0.25, -0.2) is 4.39 Å². The van der Waals surface area contributed by atoms with E-state index in [9.17, 15) is 14.3 Å². The molecule has 0 aromatic heterocycles. The highest BCUT2D eigenvalue weighted by molar-refractivity contribution is 5.94. The van der Waals surface area contributed by atoms with Crippen LogP contribution in [0.1, 0.15) is 25.8 Å². The zero-order chi connectivity index (χ0) is 14.0. The van der Waals surface area contributed by atoms with Crippen LogP contribution in [0, 0.1) is 11.2 Å². The molecule has 4 nitrogen and oxygen atoms in total. The minimum absolute atomic E-state index is 0.0172. The van der Waals surface area contributed by atoms with Gasteiger partial charge in [0.15, 0.2) is 0 Å². The Morgan fingerprint density at radius 2 is 2.16 bits per heavy atom. The number of fused-ring (bicyclic) bond motifs is 1. The van der Waals surface area contributed by atoms with E-state index in [1.54, 1.807) is 6.07 Å². The highest BCUT2D eigenvalue weighted by atomic mass is 19.1. The van der Waals surface area contributed by atoms with E-state index in [0.29, 0.717) is 30.8 Å². The van der Waals surface area contributed by atoms with Crippen molar-refractivity contribution < 1.29 is 14.3 Å². The number of hydrogen-bond donors (Lipinski definition) is 3. The van der Waals surface area contributed by atoms with E-state index in [-0.39, 0.29) is 23.7 Å². The molecule has 104 valence electrons. The van der Waals surface area contributed by atoms with Crippen molar-refractivity contribution in [1.29, 1.82) is 0 Å². The highest BCUT2D eigenvalue weighted by Gasteiger charge is 2.20. The molecule has 1 aliphatic heterocycles. The summed E-state index contributed by atoms with van der Waals surface area (Å²) in [5, 5.41) is 14.9. The van der Waals surface area contributed by atoms with Crippen molar-refractivity contribution in [3.05, 3.63) is 23.5 Å². The topological polar surface area (TPSA) is 61.4 Å². The number of hydrogen-bond acceptors (Lipinski definition) is 3. The smallest absolute Gasteiger partial charge is 0.224 e. The van der Waals surface area contributed by atoms with E-state index in [2.05, 4.69) is 10.6 Å². The second kappa shape index (κ2) is 5.17. The third-order valence-electron chi connectivity index (χ3n) is 3.27. The standard InChI is InChI=1S/C14H19FN2O2/c1-14(2,8-18)7-16-12-6-11-9(5-10(12)15)3-4-13(19)17-11/h5-6,16,18H,3-4,7-8H2,1-2H3,(H,17,19). The summed E-state index contributed by atoms with van der Waals surface area (Å²) in [4.78, 5) is 11.3. The number of benzene rings is 1. The van der Waals surface area contributed by atoms with Crippen LogP contribution in [0.15, 0.2) is 12.1 Å². The third kappa shape index (κ3) is 3.23. The molecule has 5 heteroatoms. The van der Waals surface area contributed by atoms with Crippen molar-refractivity contribution in [1.82, 2.24) is 0 Å². The van der Waals surface area contributed by atoms with Gasteiger partial charge in [0.1, 0.15) is 5.82 Å². The molecule has 1 aromatic rings. The number of amides is 1. The molecule has 0 aliphatic carbocycles. The van der Waals surface area contributed by atoms with E-state index in [4.69, 9.17) is 0 Å². The Kier molecular flexibility index (Phi) is 3.75. The fourth-order valence-corrected chi connectivity index (χ4v) is 1.92. The molecule has 0 spiro atoms. The number of rotatable bonds is 4. The number of carbonyl (C=O) groups excluding carboxylic acids is 1. The lowest BCUT2D eigenvalue weighted by Gasteiger charge is -2.24. The van der Waals surface area contributed by atoms with Crippen LogP contribution < -0.4 is 10.6 Å². The quantitative estimate of drug-likeness (QED) is 0.782. The lowest BCUT2D eigenvalue weighted by Crippen LogP contribution is -2.27. The van der Waals surface area contributed by atoms with Crippen LogP contribution in [0.4, 0.5) is 15.8 Å². The number of aliphatic hydroxyl groups excluding tert-OH is 1. The Labute approximate surface area is 112 Å². The molecule has 2 rings (SSSR count). The largest absolute Gasteiger partial charge is 0.396 e. The van der Waals surface area contributed by atoms with Crippen molar-refractivity contribution in [2.75, 3.05) is 23.8 Å². The average Bonchev–Trinajstić information content (AvgIpc) is 2.37. The first-order valence-electron chi connectivity index (χ1n) is 6.38. The second-order valence-corrected chi connectivity index (χ2v) is 5.71. The summed E-state index contributed by atoms with van der Waals surface area (Å²) in [6.45, 7) is 4.24. The van der Waals surface area contributed by atoms with Gasteiger partial charge in [-0.2, -0.15) is 0 Å². The summed E-state index contributed by atoms with van der Waals surface area (Å²) in [6, 6.07) is 3.08. The van der Waals surface area contributed by atoms with Crippen LogP contribution in [-0.4, -0.2) is 24.2 Å². The maximum Gasteiger partial charge on any atom is 0.224 e. The van der Waals surface area contributed by atoms with Gasteiger partial charge in [0.25, 0.3) is 0 Å². The van der Waals surface area contributed by atoms with Gasteiger partial charge in [-0.3, -0.25) is 4.79 Å². The molecule has 1 amide bonds. The van der Waals surface area contributed by atoms with Gasteiger partial charge >= 0.3 is 0 Å². The molecule has 19 heavy (non-hydrogen) atoms. The summed E-state index contributed by atoms with van der Waals surface area (Å²) >= 11 is 0. The summed E-state index contributed by atoms with van der Waals surface area (Å²) in [5.41, 5.74) is 1.51. The number of anilines is 2. The average molecular weight is 266 g/mol. The maximum absolute atomic E-state index is 13.9. The first-order chi connectivity index (χ1) is 8.91. The maximum atomic E-state index is 13.9. The molecular weight excluding hydrogens is 247 g/mol. The van der Waals surface area contributed by atoms with E-state index < -0.39 is 0 Å². The SMILES string of the molecule is CC(C)(CO)CNc1cc2c(cc1F)CCC(=O)N2. The molecule has 3 N–H and O–H groups in total.